The second-order valence-corrected chi connectivity index (χ2v) is 5.32. The van der Waals surface area contributed by atoms with Gasteiger partial charge in [0.05, 0.1) is 0 Å². The average molecular weight is 226 g/mol. The maximum atomic E-state index is 4.13. The summed E-state index contributed by atoms with van der Waals surface area (Å²) in [5.74, 6) is 0. The van der Waals surface area contributed by atoms with Crippen LogP contribution in [0.25, 0.3) is 10.8 Å². The third-order valence-electron chi connectivity index (χ3n) is 3.88. The van der Waals surface area contributed by atoms with E-state index in [1.54, 1.807) is 0 Å². The number of pyridine rings is 1. The van der Waals surface area contributed by atoms with Crippen molar-refractivity contribution in [1.29, 1.82) is 0 Å². The molecule has 1 aromatic carbocycles. The van der Waals surface area contributed by atoms with Crippen LogP contribution in [-0.4, -0.2) is 10.5 Å². The topological polar surface area (TPSA) is 24.9 Å². The van der Waals surface area contributed by atoms with Gasteiger partial charge in [0.25, 0.3) is 0 Å². The highest BCUT2D eigenvalue weighted by atomic mass is 15.0. The highest BCUT2D eigenvalue weighted by Gasteiger charge is 2.30. The summed E-state index contributed by atoms with van der Waals surface area (Å²) in [5.41, 5.74) is 1.74. The monoisotopic (exact) mass is 226 g/mol. The van der Waals surface area contributed by atoms with E-state index in [2.05, 4.69) is 41.5 Å². The van der Waals surface area contributed by atoms with Gasteiger partial charge in [0, 0.05) is 29.9 Å². The first-order valence-electron chi connectivity index (χ1n) is 6.33. The van der Waals surface area contributed by atoms with Crippen molar-refractivity contribution in [3.05, 3.63) is 42.2 Å². The van der Waals surface area contributed by atoms with E-state index in [-0.39, 0.29) is 0 Å². The molecule has 0 spiro atoms. The predicted molar refractivity (Wildman–Crippen MR) is 70.8 cm³/mol. The van der Waals surface area contributed by atoms with Crippen molar-refractivity contribution in [3.63, 3.8) is 0 Å². The fourth-order valence-electron chi connectivity index (χ4n) is 2.44. The molecule has 0 saturated heterocycles. The minimum atomic E-state index is 0.382. The Kier molecular flexibility index (Phi) is 2.60. The van der Waals surface area contributed by atoms with E-state index in [9.17, 15) is 0 Å². The van der Waals surface area contributed by atoms with Crippen LogP contribution in [-0.2, 0) is 6.54 Å². The molecule has 88 valence electrons. The smallest absolute Gasteiger partial charge is 0.0346 e. The molecule has 1 heterocycles. The molecule has 1 saturated carbocycles. The summed E-state index contributed by atoms with van der Waals surface area (Å²) in [4.78, 5) is 4.13. The zero-order chi connectivity index (χ0) is 11.7. The largest absolute Gasteiger partial charge is 0.307 e. The van der Waals surface area contributed by atoms with Gasteiger partial charge in [-0.1, -0.05) is 12.1 Å². The molecular weight excluding hydrogens is 208 g/mol. The second-order valence-electron chi connectivity index (χ2n) is 5.32. The van der Waals surface area contributed by atoms with Gasteiger partial charge in [-0.05, 0) is 49.3 Å². The molecule has 1 N–H and O–H groups in total. The first kappa shape index (κ1) is 10.7. The zero-order valence-electron chi connectivity index (χ0n) is 10.2. The molecule has 1 aliphatic rings. The molecule has 0 atom stereocenters. The lowest BCUT2D eigenvalue weighted by atomic mass is 9.78. The van der Waals surface area contributed by atoms with E-state index in [4.69, 9.17) is 0 Å². The van der Waals surface area contributed by atoms with Crippen LogP contribution < -0.4 is 5.32 Å². The van der Waals surface area contributed by atoms with Crippen molar-refractivity contribution in [2.75, 3.05) is 0 Å². The fourth-order valence-corrected chi connectivity index (χ4v) is 2.44. The number of fused-ring (bicyclic) bond motifs is 1. The van der Waals surface area contributed by atoms with Crippen LogP contribution in [0.5, 0.6) is 0 Å². The van der Waals surface area contributed by atoms with Crippen LogP contribution in [0.2, 0.25) is 0 Å². The molecule has 1 fully saturated rings. The maximum absolute atomic E-state index is 4.13. The lowest BCUT2D eigenvalue weighted by molar-refractivity contribution is 0.207. The van der Waals surface area contributed by atoms with Crippen LogP contribution in [0.15, 0.2) is 36.7 Å². The van der Waals surface area contributed by atoms with E-state index in [0.29, 0.717) is 5.54 Å². The summed E-state index contributed by atoms with van der Waals surface area (Å²) in [6.07, 6.45) is 7.76. The van der Waals surface area contributed by atoms with Crippen molar-refractivity contribution >= 4 is 10.8 Å². The first-order valence-corrected chi connectivity index (χ1v) is 6.33. The molecule has 2 nitrogen and oxygen atoms in total. The Morgan fingerprint density at radius 1 is 1.24 bits per heavy atom. The molecular formula is C15H18N2. The molecule has 0 aliphatic heterocycles. The Labute approximate surface area is 102 Å². The lowest BCUT2D eigenvalue weighted by Gasteiger charge is -2.39. The van der Waals surface area contributed by atoms with Gasteiger partial charge < -0.3 is 5.32 Å². The normalized spacial score (nSPS) is 17.9. The second kappa shape index (κ2) is 4.11. The number of benzene rings is 1. The number of hydrogen-bond acceptors (Lipinski definition) is 2. The summed E-state index contributed by atoms with van der Waals surface area (Å²) in [5, 5.41) is 6.15. The van der Waals surface area contributed by atoms with Gasteiger partial charge in [-0.15, -0.1) is 0 Å². The van der Waals surface area contributed by atoms with Gasteiger partial charge in [-0.3, -0.25) is 4.98 Å². The van der Waals surface area contributed by atoms with Crippen LogP contribution in [0.4, 0.5) is 0 Å². The van der Waals surface area contributed by atoms with E-state index < -0.39 is 0 Å². The van der Waals surface area contributed by atoms with E-state index in [1.165, 1.54) is 35.6 Å². The van der Waals surface area contributed by atoms with Crippen molar-refractivity contribution in [2.24, 2.45) is 0 Å². The third kappa shape index (κ3) is 2.18. The quantitative estimate of drug-likeness (QED) is 0.869. The third-order valence-corrected chi connectivity index (χ3v) is 3.88. The predicted octanol–water partition coefficient (Wildman–Crippen LogP) is 3.27. The first-order chi connectivity index (χ1) is 8.25. The minimum Gasteiger partial charge on any atom is -0.307 e. The molecule has 17 heavy (non-hydrogen) atoms. The molecule has 0 bridgehead atoms. The Hall–Kier alpha value is -1.41. The lowest BCUT2D eigenvalue weighted by Crippen LogP contribution is -2.47. The number of hydrogen-bond donors (Lipinski definition) is 1. The van der Waals surface area contributed by atoms with E-state index in [1.807, 2.05) is 12.4 Å². The Morgan fingerprint density at radius 2 is 2.12 bits per heavy atom. The molecule has 1 aliphatic carbocycles. The number of aromatic nitrogens is 1. The van der Waals surface area contributed by atoms with Crippen LogP contribution in [0, 0.1) is 0 Å². The van der Waals surface area contributed by atoms with Gasteiger partial charge in [-0.25, -0.2) is 0 Å². The number of rotatable bonds is 3. The van der Waals surface area contributed by atoms with Gasteiger partial charge in [-0.2, -0.15) is 0 Å². The molecule has 0 radical (unpaired) electrons. The SMILES string of the molecule is CC1(NCc2ccc3cnccc3c2)CCC1. The van der Waals surface area contributed by atoms with Crippen LogP contribution >= 0.6 is 0 Å². The molecule has 3 rings (SSSR count). The van der Waals surface area contributed by atoms with Crippen molar-refractivity contribution in [1.82, 2.24) is 10.3 Å². The summed E-state index contributed by atoms with van der Waals surface area (Å²) in [6, 6.07) is 8.68. The van der Waals surface area contributed by atoms with Crippen molar-refractivity contribution in [3.8, 4) is 0 Å². The standard InChI is InChI=1S/C15H18N2/c1-15(6-2-7-15)17-10-12-3-4-14-11-16-8-5-13(14)9-12/h3-5,8-9,11,17H,2,6-7,10H2,1H3. The molecule has 0 unspecified atom stereocenters. The Morgan fingerprint density at radius 3 is 2.88 bits per heavy atom. The Bertz CT molecular complexity index is 529. The van der Waals surface area contributed by atoms with Crippen molar-refractivity contribution in [2.45, 2.75) is 38.3 Å². The van der Waals surface area contributed by atoms with Gasteiger partial charge in [0.1, 0.15) is 0 Å². The highest BCUT2D eigenvalue weighted by molar-refractivity contribution is 5.81. The number of nitrogens with one attached hydrogen (secondary N) is 1. The van der Waals surface area contributed by atoms with Gasteiger partial charge in [0.2, 0.25) is 0 Å². The molecule has 0 amide bonds. The average Bonchev–Trinajstić information content (AvgIpc) is 2.34. The minimum absolute atomic E-state index is 0.382. The van der Waals surface area contributed by atoms with E-state index in [0.717, 1.165) is 6.54 Å². The highest BCUT2D eigenvalue weighted by Crippen LogP contribution is 2.31. The summed E-state index contributed by atoms with van der Waals surface area (Å²) >= 11 is 0. The summed E-state index contributed by atoms with van der Waals surface area (Å²) in [6.45, 7) is 3.29. The summed E-state index contributed by atoms with van der Waals surface area (Å²) in [7, 11) is 0. The van der Waals surface area contributed by atoms with Crippen LogP contribution in [0.3, 0.4) is 0 Å². The van der Waals surface area contributed by atoms with E-state index >= 15 is 0 Å². The fraction of sp³-hybridized carbons (Fsp3) is 0.400. The molecule has 1 aromatic heterocycles. The zero-order valence-corrected chi connectivity index (χ0v) is 10.2. The number of nitrogens with zero attached hydrogens (tertiary/aromatic N) is 1. The van der Waals surface area contributed by atoms with Crippen LogP contribution in [0.1, 0.15) is 31.7 Å². The molecule has 2 aromatic rings. The Balaban J connectivity index is 1.76. The molecule has 2 heteroatoms. The van der Waals surface area contributed by atoms with Gasteiger partial charge >= 0.3 is 0 Å². The van der Waals surface area contributed by atoms with Gasteiger partial charge in [0.15, 0.2) is 0 Å². The maximum Gasteiger partial charge on any atom is 0.0346 e. The van der Waals surface area contributed by atoms with Crippen molar-refractivity contribution < 1.29 is 0 Å². The summed E-state index contributed by atoms with van der Waals surface area (Å²) < 4.78 is 0.